The van der Waals surface area contributed by atoms with Crippen LogP contribution in [0.1, 0.15) is 118 Å². The van der Waals surface area contributed by atoms with E-state index in [4.69, 9.17) is 7.85 Å². The van der Waals surface area contributed by atoms with E-state index >= 15 is 0 Å². The minimum Gasteiger partial charge on any atom is -0.274 e. The largest absolute Gasteiger partial charge is 0.274 e. The molecule has 1 aromatic rings. The molecule has 0 aromatic heterocycles. The Morgan fingerprint density at radius 3 is 2.06 bits per heavy atom. The molecule has 1 aliphatic heterocycles. The molecule has 0 spiro atoms. The second kappa shape index (κ2) is 12.2. The summed E-state index contributed by atoms with van der Waals surface area (Å²) in [6, 6.07) is 7.98. The van der Waals surface area contributed by atoms with Crippen molar-refractivity contribution in [3.05, 3.63) is 29.8 Å². The first-order valence-corrected chi connectivity index (χ1v) is 13.3. The van der Waals surface area contributed by atoms with Gasteiger partial charge in [-0.3, -0.25) is 14.5 Å². The van der Waals surface area contributed by atoms with Gasteiger partial charge in [0.15, 0.2) is 0 Å². The highest BCUT2D eigenvalue weighted by atomic mass is 16.2. The fourth-order valence-electron chi connectivity index (χ4n) is 5.62. The molecule has 2 atom stereocenters. The normalized spacial score (nSPS) is 18.2. The molecule has 0 aliphatic carbocycles. The van der Waals surface area contributed by atoms with Gasteiger partial charge < -0.3 is 0 Å². The maximum atomic E-state index is 13.4. The van der Waals surface area contributed by atoms with E-state index in [1.807, 2.05) is 26.0 Å². The molecule has 182 valence electrons. The molecule has 1 saturated heterocycles. The molecule has 0 N–H and O–H groups in total. The van der Waals surface area contributed by atoms with Crippen LogP contribution in [0, 0.1) is 11.8 Å². The summed E-state index contributed by atoms with van der Waals surface area (Å²) in [6.07, 6.45) is 11.7. The van der Waals surface area contributed by atoms with Gasteiger partial charge >= 0.3 is 0 Å². The first kappa shape index (κ1) is 27.7. The lowest BCUT2D eigenvalue weighted by molar-refractivity contribution is -0.123. The average Bonchev–Trinajstić information content (AvgIpc) is 3.02. The van der Waals surface area contributed by atoms with Gasteiger partial charge in [-0.15, -0.1) is 0 Å². The summed E-state index contributed by atoms with van der Waals surface area (Å²) in [5.41, 5.74) is 1.80. The molecule has 2 radical (unpaired) electrons. The average molecular weight is 452 g/mol. The molecule has 33 heavy (non-hydrogen) atoms. The van der Waals surface area contributed by atoms with Gasteiger partial charge in [0.2, 0.25) is 11.8 Å². The zero-order valence-electron chi connectivity index (χ0n) is 22.1. The van der Waals surface area contributed by atoms with Crippen molar-refractivity contribution in [2.24, 2.45) is 11.8 Å². The van der Waals surface area contributed by atoms with Crippen LogP contribution in [0.15, 0.2) is 24.3 Å². The van der Waals surface area contributed by atoms with Gasteiger partial charge in [-0.05, 0) is 48.3 Å². The summed E-state index contributed by atoms with van der Waals surface area (Å²) in [7, 11) is 6.26. The number of unbranched alkanes of at least 4 members (excludes halogenated alkanes) is 5. The molecular weight excluding hydrogens is 405 g/mol. The van der Waals surface area contributed by atoms with Gasteiger partial charge in [-0.25, -0.2) is 0 Å². The number of benzene rings is 1. The molecular formula is C29H46BNO2. The summed E-state index contributed by atoms with van der Waals surface area (Å²) < 4.78 is 0. The van der Waals surface area contributed by atoms with E-state index in [-0.39, 0.29) is 28.5 Å². The van der Waals surface area contributed by atoms with E-state index in [0.717, 1.165) is 38.5 Å². The summed E-state index contributed by atoms with van der Waals surface area (Å²) >= 11 is 0. The lowest BCUT2D eigenvalue weighted by Crippen LogP contribution is -2.32. The van der Waals surface area contributed by atoms with Crippen molar-refractivity contribution in [1.29, 1.82) is 0 Å². The van der Waals surface area contributed by atoms with E-state index in [2.05, 4.69) is 39.8 Å². The van der Waals surface area contributed by atoms with Crippen molar-refractivity contribution in [3.8, 4) is 0 Å². The van der Waals surface area contributed by atoms with E-state index in [1.54, 1.807) is 0 Å². The molecule has 1 fully saturated rings. The molecule has 1 aromatic carbocycles. The van der Waals surface area contributed by atoms with Gasteiger partial charge in [0.25, 0.3) is 0 Å². The third-order valence-corrected chi connectivity index (χ3v) is 7.16. The van der Waals surface area contributed by atoms with Gasteiger partial charge in [0, 0.05) is 6.42 Å². The number of nitrogens with zero attached hydrogens (tertiary/aromatic N) is 1. The highest BCUT2D eigenvalue weighted by molar-refractivity contribution is 6.21. The fourth-order valence-corrected chi connectivity index (χ4v) is 5.62. The monoisotopic (exact) mass is 451 g/mol. The number of rotatable bonds is 14. The maximum Gasteiger partial charge on any atom is 0.237 e. The minimum absolute atomic E-state index is 0.00441. The minimum atomic E-state index is -0.264. The van der Waals surface area contributed by atoms with Crippen molar-refractivity contribution in [3.63, 3.8) is 0 Å². The molecule has 2 rings (SSSR count). The first-order valence-electron chi connectivity index (χ1n) is 13.3. The number of imide groups is 1. The highest BCUT2D eigenvalue weighted by Gasteiger charge is 2.43. The fraction of sp³-hybridized carbons (Fsp3) is 0.724. The van der Waals surface area contributed by atoms with Crippen LogP contribution in [-0.2, 0) is 15.0 Å². The maximum absolute atomic E-state index is 13.4. The Morgan fingerprint density at radius 2 is 1.48 bits per heavy atom. The Kier molecular flexibility index (Phi) is 10.2. The van der Waals surface area contributed by atoms with Crippen LogP contribution in [0.2, 0.25) is 5.31 Å². The third-order valence-electron chi connectivity index (χ3n) is 7.16. The van der Waals surface area contributed by atoms with Crippen molar-refractivity contribution < 1.29 is 9.59 Å². The quantitative estimate of drug-likeness (QED) is 0.165. The zero-order chi connectivity index (χ0) is 24.6. The number of carbonyl (C=O) groups excluding carboxylic acids is 2. The third kappa shape index (κ3) is 8.00. The van der Waals surface area contributed by atoms with Crippen LogP contribution in [0.25, 0.3) is 0 Å². The van der Waals surface area contributed by atoms with Crippen LogP contribution < -0.4 is 4.90 Å². The Morgan fingerprint density at radius 1 is 0.909 bits per heavy atom. The summed E-state index contributed by atoms with van der Waals surface area (Å²) in [5, 5.41) is -0.264. The second-order valence-corrected chi connectivity index (χ2v) is 11.6. The first-order chi connectivity index (χ1) is 15.5. The number of amides is 2. The summed E-state index contributed by atoms with van der Waals surface area (Å²) in [6.45, 7) is 12.9. The Labute approximate surface area is 204 Å². The van der Waals surface area contributed by atoms with Crippen LogP contribution in [-0.4, -0.2) is 19.7 Å². The zero-order valence-corrected chi connectivity index (χ0v) is 22.1. The molecule has 2 amide bonds. The smallest absolute Gasteiger partial charge is 0.237 e. The topological polar surface area (TPSA) is 37.4 Å². The van der Waals surface area contributed by atoms with Gasteiger partial charge in [-0.1, -0.05) is 104 Å². The number of anilines is 1. The van der Waals surface area contributed by atoms with Gasteiger partial charge in [-0.2, -0.15) is 0 Å². The molecule has 0 saturated carbocycles. The predicted octanol–water partition coefficient (Wildman–Crippen LogP) is 7.77. The SMILES string of the molecule is [B]C(C)(C)CC(C)(C)c1ccc(N2C(=O)CC(C(CCCC)CCCCCCC)C2=O)cc1. The molecule has 0 bridgehead atoms. The standard InChI is InChI=1S/C29H46BNO2/c1-7-9-11-12-13-15-22(14-10-8-2)25-20-26(32)31(27(25)33)24-18-16-23(17-19-24)28(3,4)21-29(5,6)30/h16-19,22,25H,7-15,20-21H2,1-6H3. The molecule has 1 aliphatic rings. The van der Waals surface area contributed by atoms with E-state index < -0.39 is 0 Å². The van der Waals surface area contributed by atoms with Gasteiger partial charge in [0.05, 0.1) is 19.5 Å². The molecule has 1 heterocycles. The number of hydrogen-bond donors (Lipinski definition) is 0. The van der Waals surface area contributed by atoms with E-state index in [0.29, 0.717) is 18.0 Å². The van der Waals surface area contributed by atoms with Crippen molar-refractivity contribution >= 4 is 25.3 Å². The second-order valence-electron chi connectivity index (χ2n) is 11.6. The molecule has 3 nitrogen and oxygen atoms in total. The van der Waals surface area contributed by atoms with Crippen molar-refractivity contribution in [1.82, 2.24) is 0 Å². The summed E-state index contributed by atoms with van der Waals surface area (Å²) in [5.74, 6) is 0.111. The predicted molar refractivity (Wildman–Crippen MR) is 141 cm³/mol. The van der Waals surface area contributed by atoms with Crippen LogP contribution in [0.4, 0.5) is 5.69 Å². The summed E-state index contributed by atoms with van der Waals surface area (Å²) in [4.78, 5) is 27.8. The number of carbonyl (C=O) groups is 2. The lowest BCUT2D eigenvalue weighted by Gasteiger charge is -2.33. The number of hydrogen-bond acceptors (Lipinski definition) is 2. The Balaban J connectivity index is 2.12. The Hall–Kier alpha value is -1.58. The molecule has 2 unspecified atom stereocenters. The van der Waals surface area contributed by atoms with E-state index in [9.17, 15) is 9.59 Å². The molecule has 4 heteroatoms. The van der Waals surface area contributed by atoms with Crippen LogP contribution in [0.5, 0.6) is 0 Å². The van der Waals surface area contributed by atoms with Crippen LogP contribution >= 0.6 is 0 Å². The lowest BCUT2D eigenvalue weighted by atomic mass is 9.62. The van der Waals surface area contributed by atoms with Crippen LogP contribution in [0.3, 0.4) is 0 Å². The highest BCUT2D eigenvalue weighted by Crippen LogP contribution is 2.40. The van der Waals surface area contributed by atoms with Crippen molar-refractivity contribution in [2.75, 3.05) is 4.90 Å². The van der Waals surface area contributed by atoms with Crippen molar-refractivity contribution in [2.45, 2.75) is 123 Å². The Bertz CT molecular complexity index is 763. The van der Waals surface area contributed by atoms with Gasteiger partial charge in [0.1, 0.15) is 0 Å². The van der Waals surface area contributed by atoms with E-state index in [1.165, 1.54) is 36.1 Å².